The van der Waals surface area contributed by atoms with Crippen LogP contribution < -0.4 is 4.90 Å². The third-order valence-electron chi connectivity index (χ3n) is 6.16. The predicted octanol–water partition coefficient (Wildman–Crippen LogP) is 6.91. The largest absolute Gasteiger partial charge is 0.334 e. The molecule has 1 fully saturated rings. The Bertz CT molecular complexity index is 1300. The van der Waals surface area contributed by atoms with E-state index in [2.05, 4.69) is 74.2 Å². The summed E-state index contributed by atoms with van der Waals surface area (Å²) in [6.07, 6.45) is 0.784. The maximum absolute atomic E-state index is 13.8. The second-order valence-corrected chi connectivity index (χ2v) is 10.4. The van der Waals surface area contributed by atoms with Crippen molar-refractivity contribution in [2.24, 2.45) is 4.99 Å². The molecule has 0 N–H and O–H groups in total. The number of para-hydroxylation sites is 1. The van der Waals surface area contributed by atoms with Crippen LogP contribution in [-0.2, 0) is 11.2 Å². The van der Waals surface area contributed by atoms with Crippen molar-refractivity contribution in [3.8, 4) is 0 Å². The Morgan fingerprint density at radius 3 is 2.38 bits per heavy atom. The highest BCUT2D eigenvalue weighted by atomic mass is 32.2. The van der Waals surface area contributed by atoms with Crippen LogP contribution in [0.15, 0.2) is 92.6 Å². The van der Waals surface area contributed by atoms with E-state index in [0.29, 0.717) is 6.54 Å². The fourth-order valence-electron chi connectivity index (χ4n) is 4.12. The maximum atomic E-state index is 13.8. The van der Waals surface area contributed by atoms with E-state index in [0.717, 1.165) is 33.8 Å². The van der Waals surface area contributed by atoms with Gasteiger partial charge in [0.05, 0.1) is 11.4 Å². The number of anilines is 1. The van der Waals surface area contributed by atoms with Gasteiger partial charge in [0.1, 0.15) is 9.93 Å². The molecular formula is C28H27N3OS2. The van der Waals surface area contributed by atoms with Crippen molar-refractivity contribution >= 4 is 46.0 Å². The Morgan fingerprint density at radius 2 is 1.62 bits per heavy atom. The van der Waals surface area contributed by atoms with Gasteiger partial charge in [0.15, 0.2) is 5.17 Å². The highest BCUT2D eigenvalue weighted by Gasteiger charge is 2.39. The summed E-state index contributed by atoms with van der Waals surface area (Å²) < 4.78 is 0. The summed E-state index contributed by atoms with van der Waals surface area (Å²) in [4.78, 5) is 24.8. The van der Waals surface area contributed by atoms with Crippen LogP contribution >= 0.6 is 23.5 Å². The summed E-state index contributed by atoms with van der Waals surface area (Å²) in [5.41, 5.74) is 5.70. The van der Waals surface area contributed by atoms with Gasteiger partial charge in [-0.05, 0) is 79.9 Å². The van der Waals surface area contributed by atoms with Gasteiger partial charge in [-0.3, -0.25) is 9.69 Å². The molecule has 172 valence electrons. The number of benzene rings is 3. The van der Waals surface area contributed by atoms with Gasteiger partial charge >= 0.3 is 0 Å². The molecule has 0 aromatic heterocycles. The third-order valence-corrected chi connectivity index (χ3v) is 8.54. The summed E-state index contributed by atoms with van der Waals surface area (Å²) >= 11 is 3.18. The molecular weight excluding hydrogens is 458 g/mol. The minimum Gasteiger partial charge on any atom is -0.334 e. The summed E-state index contributed by atoms with van der Waals surface area (Å²) in [6, 6.07) is 24.9. The van der Waals surface area contributed by atoms with Crippen LogP contribution in [0.3, 0.4) is 0 Å². The Kier molecular flexibility index (Phi) is 6.53. The number of amidine groups is 1. The number of carbonyl (C=O) groups excluding carboxylic acids is 1. The van der Waals surface area contributed by atoms with Gasteiger partial charge in [-0.1, -0.05) is 60.3 Å². The highest BCUT2D eigenvalue weighted by Crippen LogP contribution is 2.50. The summed E-state index contributed by atoms with van der Waals surface area (Å²) in [6.45, 7) is 7.73. The molecule has 34 heavy (non-hydrogen) atoms. The molecule has 0 saturated carbocycles. The van der Waals surface area contributed by atoms with Crippen LogP contribution in [0.2, 0.25) is 0 Å². The first-order chi connectivity index (χ1) is 16.5. The average molecular weight is 486 g/mol. The molecule has 4 nitrogen and oxygen atoms in total. The molecule has 3 aromatic carbocycles. The van der Waals surface area contributed by atoms with Crippen LogP contribution in [0, 0.1) is 13.8 Å². The second kappa shape index (κ2) is 9.72. The molecule has 6 heteroatoms. The lowest BCUT2D eigenvalue weighted by Gasteiger charge is -2.19. The number of carbonyl (C=O) groups is 1. The average Bonchev–Trinajstić information content (AvgIpc) is 3.37. The fraction of sp³-hybridized carbons (Fsp3) is 0.214. The van der Waals surface area contributed by atoms with Crippen molar-refractivity contribution in [2.45, 2.75) is 32.1 Å². The number of aliphatic imine (C=N–C) groups is 1. The van der Waals surface area contributed by atoms with E-state index in [-0.39, 0.29) is 5.91 Å². The minimum atomic E-state index is 0.0391. The second-order valence-electron chi connectivity index (χ2n) is 8.41. The van der Waals surface area contributed by atoms with E-state index < -0.39 is 0 Å². The van der Waals surface area contributed by atoms with Crippen molar-refractivity contribution < 1.29 is 4.79 Å². The molecule has 1 amide bonds. The molecule has 0 bridgehead atoms. The molecule has 2 aliphatic heterocycles. The first-order valence-corrected chi connectivity index (χ1v) is 13.2. The van der Waals surface area contributed by atoms with Gasteiger partial charge in [0.2, 0.25) is 0 Å². The van der Waals surface area contributed by atoms with E-state index in [1.54, 1.807) is 11.8 Å². The molecule has 0 atom stereocenters. The molecule has 0 spiro atoms. The zero-order chi connectivity index (χ0) is 23.7. The standard InChI is InChI=1S/C28H27N3OS2/c1-4-30-23-12-8-9-13-24(23)33-27(30)25-26(32)31(17-16-21-10-6-5-7-11-21)28(34-25)29-22-15-14-19(2)20(3)18-22/h5-15,18H,4,16-17H2,1-3H3/b27-25-,29-28?. The minimum absolute atomic E-state index is 0.0391. The smallest absolute Gasteiger partial charge is 0.269 e. The number of hydrogen-bond acceptors (Lipinski definition) is 5. The lowest BCUT2D eigenvalue weighted by atomic mass is 10.1. The summed E-state index contributed by atoms with van der Waals surface area (Å²) in [5.74, 6) is 0.0391. The van der Waals surface area contributed by atoms with E-state index in [9.17, 15) is 4.79 Å². The molecule has 0 aliphatic carbocycles. The SMILES string of the molecule is CCN1/C(=C2/SC(=Nc3ccc(C)c(C)c3)N(CCc3ccccc3)C2=O)Sc2ccccc21. The van der Waals surface area contributed by atoms with Gasteiger partial charge in [-0.25, -0.2) is 4.99 Å². The van der Waals surface area contributed by atoms with Gasteiger partial charge in [0.25, 0.3) is 5.91 Å². The topological polar surface area (TPSA) is 35.9 Å². The van der Waals surface area contributed by atoms with Gasteiger partial charge in [-0.15, -0.1) is 0 Å². The van der Waals surface area contributed by atoms with Crippen LogP contribution in [0.1, 0.15) is 23.6 Å². The maximum Gasteiger partial charge on any atom is 0.269 e. The first kappa shape index (κ1) is 22.8. The lowest BCUT2D eigenvalue weighted by Crippen LogP contribution is -2.32. The van der Waals surface area contributed by atoms with Crippen molar-refractivity contribution in [3.63, 3.8) is 0 Å². The van der Waals surface area contributed by atoms with Gasteiger partial charge < -0.3 is 4.90 Å². The predicted molar refractivity (Wildman–Crippen MR) is 145 cm³/mol. The highest BCUT2D eigenvalue weighted by molar-refractivity contribution is 8.19. The Labute approximate surface area is 209 Å². The molecule has 0 radical (unpaired) electrons. The molecule has 2 aliphatic rings. The number of aryl methyl sites for hydroxylation is 2. The Balaban J connectivity index is 1.52. The number of rotatable bonds is 5. The van der Waals surface area contributed by atoms with Crippen molar-refractivity contribution in [2.75, 3.05) is 18.0 Å². The zero-order valence-electron chi connectivity index (χ0n) is 19.6. The monoisotopic (exact) mass is 485 g/mol. The number of amides is 1. The fourth-order valence-corrected chi connectivity index (χ4v) is 6.54. The van der Waals surface area contributed by atoms with Crippen LogP contribution in [-0.4, -0.2) is 29.1 Å². The summed E-state index contributed by atoms with van der Waals surface area (Å²) in [5, 5.41) is 1.76. The quantitative estimate of drug-likeness (QED) is 0.368. The van der Waals surface area contributed by atoms with E-state index in [1.165, 1.54) is 39.0 Å². The Morgan fingerprint density at radius 1 is 0.853 bits per heavy atom. The molecule has 0 unspecified atom stereocenters. The zero-order valence-corrected chi connectivity index (χ0v) is 21.2. The molecule has 5 rings (SSSR count). The Hall–Kier alpha value is -2.96. The van der Waals surface area contributed by atoms with E-state index in [4.69, 9.17) is 4.99 Å². The van der Waals surface area contributed by atoms with Gasteiger partial charge in [0, 0.05) is 18.0 Å². The normalized spacial score (nSPS) is 18.8. The number of hydrogen-bond donors (Lipinski definition) is 0. The first-order valence-electron chi connectivity index (χ1n) is 11.5. The molecule has 1 saturated heterocycles. The lowest BCUT2D eigenvalue weighted by molar-refractivity contribution is -0.122. The van der Waals surface area contributed by atoms with Crippen LogP contribution in [0.25, 0.3) is 0 Å². The van der Waals surface area contributed by atoms with Gasteiger partial charge in [-0.2, -0.15) is 0 Å². The molecule has 2 heterocycles. The van der Waals surface area contributed by atoms with E-state index >= 15 is 0 Å². The third kappa shape index (κ3) is 4.40. The van der Waals surface area contributed by atoms with Crippen LogP contribution in [0.4, 0.5) is 11.4 Å². The van der Waals surface area contributed by atoms with Crippen molar-refractivity contribution in [1.29, 1.82) is 0 Å². The van der Waals surface area contributed by atoms with E-state index in [1.807, 2.05) is 29.2 Å². The van der Waals surface area contributed by atoms with Crippen molar-refractivity contribution in [1.82, 2.24) is 4.90 Å². The van der Waals surface area contributed by atoms with Crippen LogP contribution in [0.5, 0.6) is 0 Å². The van der Waals surface area contributed by atoms with Crippen molar-refractivity contribution in [3.05, 3.63) is 99.4 Å². The molecule has 3 aromatic rings. The summed E-state index contributed by atoms with van der Waals surface area (Å²) in [7, 11) is 0. The number of fused-ring (bicyclic) bond motifs is 1. The number of nitrogens with zero attached hydrogens (tertiary/aromatic N) is 3. The number of thioether (sulfide) groups is 2.